The van der Waals surface area contributed by atoms with Gasteiger partial charge in [0, 0.05) is 4.47 Å². The highest BCUT2D eigenvalue weighted by Crippen LogP contribution is 2.27. The summed E-state index contributed by atoms with van der Waals surface area (Å²) in [5.41, 5.74) is 0.407. The largest absolute Gasteiger partial charge is 0.387 e. The van der Waals surface area contributed by atoms with Crippen LogP contribution in [0.5, 0.6) is 0 Å². The van der Waals surface area contributed by atoms with Crippen molar-refractivity contribution in [1.29, 1.82) is 0 Å². The van der Waals surface area contributed by atoms with Gasteiger partial charge in [0.2, 0.25) is 0 Å². The van der Waals surface area contributed by atoms with Crippen LogP contribution in [0.3, 0.4) is 0 Å². The summed E-state index contributed by atoms with van der Waals surface area (Å²) in [4.78, 5) is 0.157. The Balaban J connectivity index is 2.23. The van der Waals surface area contributed by atoms with Gasteiger partial charge in [-0.05, 0) is 42.0 Å². The molecule has 2 aromatic rings. The molecule has 1 N–H and O–H groups in total. The van der Waals surface area contributed by atoms with Gasteiger partial charge in [0.15, 0.2) is 9.84 Å². The van der Waals surface area contributed by atoms with Crippen molar-refractivity contribution in [2.45, 2.75) is 11.0 Å². The maximum absolute atomic E-state index is 12.2. The molecule has 0 bridgehead atoms. The van der Waals surface area contributed by atoms with Crippen molar-refractivity contribution in [3.63, 3.8) is 0 Å². The van der Waals surface area contributed by atoms with Crippen molar-refractivity contribution in [3.8, 4) is 0 Å². The number of aliphatic hydroxyl groups is 1. The molecule has 0 aromatic heterocycles. The molecular weight excluding hydrogens is 399 g/mol. The highest BCUT2D eigenvalue weighted by Gasteiger charge is 2.21. The zero-order valence-electron chi connectivity index (χ0n) is 10.6. The number of aliphatic hydroxyl groups excluding tert-OH is 1. The summed E-state index contributed by atoms with van der Waals surface area (Å²) in [6, 6.07) is 10.8. The summed E-state index contributed by atoms with van der Waals surface area (Å²) in [5.74, 6) is -0.424. The Morgan fingerprint density at radius 1 is 1.05 bits per heavy atom. The second-order valence-corrected chi connectivity index (χ2v) is 8.19. The SMILES string of the molecule is O=S(=O)(C[C@H](O)c1ccc(Cl)c(Cl)c1)c1ccc(Br)cc1. The minimum Gasteiger partial charge on any atom is -0.387 e. The minimum atomic E-state index is -3.59. The normalized spacial score (nSPS) is 13.1. The Kier molecular flexibility index (Phi) is 5.33. The van der Waals surface area contributed by atoms with Crippen molar-refractivity contribution in [1.82, 2.24) is 0 Å². The molecule has 7 heteroatoms. The molecule has 0 amide bonds. The molecule has 0 aliphatic heterocycles. The molecule has 21 heavy (non-hydrogen) atoms. The van der Waals surface area contributed by atoms with E-state index in [0.717, 1.165) is 4.47 Å². The van der Waals surface area contributed by atoms with E-state index in [9.17, 15) is 13.5 Å². The Hall–Kier alpha value is -0.590. The molecule has 0 saturated heterocycles. The molecular formula is C14H11BrCl2O3S. The summed E-state index contributed by atoms with van der Waals surface area (Å²) < 4.78 is 25.3. The lowest BCUT2D eigenvalue weighted by Gasteiger charge is -2.12. The number of benzene rings is 2. The van der Waals surface area contributed by atoms with E-state index < -0.39 is 21.7 Å². The Morgan fingerprint density at radius 2 is 1.67 bits per heavy atom. The van der Waals surface area contributed by atoms with Crippen LogP contribution in [0.4, 0.5) is 0 Å². The van der Waals surface area contributed by atoms with Crippen molar-refractivity contribution in [2.24, 2.45) is 0 Å². The van der Waals surface area contributed by atoms with Gasteiger partial charge in [0.1, 0.15) is 0 Å². The molecule has 3 nitrogen and oxygen atoms in total. The van der Waals surface area contributed by atoms with Crippen LogP contribution in [-0.4, -0.2) is 19.3 Å². The molecule has 0 aliphatic carbocycles. The first kappa shape index (κ1) is 16.8. The van der Waals surface area contributed by atoms with Crippen LogP contribution < -0.4 is 0 Å². The number of hydrogen-bond donors (Lipinski definition) is 1. The third-order valence-electron chi connectivity index (χ3n) is 2.88. The van der Waals surface area contributed by atoms with Gasteiger partial charge in [0.25, 0.3) is 0 Å². The first-order valence-electron chi connectivity index (χ1n) is 5.91. The fourth-order valence-corrected chi connectivity index (χ4v) is 3.68. The Morgan fingerprint density at radius 3 is 2.24 bits per heavy atom. The topological polar surface area (TPSA) is 54.4 Å². The van der Waals surface area contributed by atoms with Crippen LogP contribution in [0.2, 0.25) is 10.0 Å². The van der Waals surface area contributed by atoms with E-state index in [4.69, 9.17) is 23.2 Å². The van der Waals surface area contributed by atoms with Crippen LogP contribution in [-0.2, 0) is 9.84 Å². The van der Waals surface area contributed by atoms with E-state index >= 15 is 0 Å². The molecule has 0 aliphatic rings. The minimum absolute atomic E-state index is 0.157. The van der Waals surface area contributed by atoms with Gasteiger partial charge in [-0.15, -0.1) is 0 Å². The number of halogens is 3. The van der Waals surface area contributed by atoms with Gasteiger partial charge >= 0.3 is 0 Å². The van der Waals surface area contributed by atoms with Crippen LogP contribution in [0.15, 0.2) is 51.8 Å². The number of sulfone groups is 1. The highest BCUT2D eigenvalue weighted by molar-refractivity contribution is 9.10. The number of hydrogen-bond acceptors (Lipinski definition) is 3. The lowest BCUT2D eigenvalue weighted by atomic mass is 10.1. The van der Waals surface area contributed by atoms with Gasteiger partial charge in [-0.1, -0.05) is 45.2 Å². The molecule has 1 atom stereocenters. The van der Waals surface area contributed by atoms with Crippen molar-refractivity contribution >= 4 is 49.0 Å². The average Bonchev–Trinajstić information content (AvgIpc) is 2.41. The first-order valence-corrected chi connectivity index (χ1v) is 9.11. The maximum atomic E-state index is 12.2. The molecule has 2 aromatic carbocycles. The first-order chi connectivity index (χ1) is 9.79. The van der Waals surface area contributed by atoms with Gasteiger partial charge in [-0.2, -0.15) is 0 Å². The van der Waals surface area contributed by atoms with E-state index in [2.05, 4.69) is 15.9 Å². The maximum Gasteiger partial charge on any atom is 0.181 e. The van der Waals surface area contributed by atoms with Crippen molar-refractivity contribution in [3.05, 3.63) is 62.5 Å². The highest BCUT2D eigenvalue weighted by atomic mass is 79.9. The fraction of sp³-hybridized carbons (Fsp3) is 0.143. The van der Waals surface area contributed by atoms with Crippen LogP contribution in [0.25, 0.3) is 0 Å². The lowest BCUT2D eigenvalue weighted by Crippen LogP contribution is -2.14. The van der Waals surface area contributed by atoms with E-state index in [0.29, 0.717) is 10.6 Å². The summed E-state index contributed by atoms with van der Waals surface area (Å²) in [7, 11) is -3.59. The van der Waals surface area contributed by atoms with E-state index in [1.54, 1.807) is 18.2 Å². The molecule has 112 valence electrons. The summed E-state index contributed by atoms with van der Waals surface area (Å²) >= 11 is 14.9. The van der Waals surface area contributed by atoms with Gasteiger partial charge in [0.05, 0.1) is 26.8 Å². The second kappa shape index (κ2) is 6.67. The Bertz CT molecular complexity index is 745. The molecule has 0 unspecified atom stereocenters. The van der Waals surface area contributed by atoms with E-state index in [1.165, 1.54) is 24.3 Å². The third kappa shape index (κ3) is 4.20. The van der Waals surface area contributed by atoms with Gasteiger partial charge in [-0.25, -0.2) is 8.42 Å². The zero-order chi connectivity index (χ0) is 15.6. The lowest BCUT2D eigenvalue weighted by molar-refractivity contribution is 0.201. The van der Waals surface area contributed by atoms with Crippen LogP contribution in [0.1, 0.15) is 11.7 Å². The van der Waals surface area contributed by atoms with Gasteiger partial charge in [-0.3, -0.25) is 0 Å². The molecule has 0 fully saturated rings. The number of rotatable bonds is 4. The van der Waals surface area contributed by atoms with E-state index in [-0.39, 0.29) is 9.92 Å². The zero-order valence-corrected chi connectivity index (χ0v) is 14.5. The van der Waals surface area contributed by atoms with Gasteiger partial charge < -0.3 is 5.11 Å². The van der Waals surface area contributed by atoms with Crippen molar-refractivity contribution in [2.75, 3.05) is 5.75 Å². The summed E-state index contributed by atoms with van der Waals surface area (Å²) in [5, 5.41) is 10.7. The monoisotopic (exact) mass is 408 g/mol. The molecule has 2 rings (SSSR count). The van der Waals surface area contributed by atoms with Crippen molar-refractivity contribution < 1.29 is 13.5 Å². The van der Waals surface area contributed by atoms with Crippen LogP contribution in [0, 0.1) is 0 Å². The van der Waals surface area contributed by atoms with E-state index in [1.807, 2.05) is 0 Å². The molecule has 0 radical (unpaired) electrons. The average molecular weight is 410 g/mol. The Labute approximate surface area is 141 Å². The smallest absolute Gasteiger partial charge is 0.181 e. The summed E-state index contributed by atoms with van der Waals surface area (Å²) in [6.07, 6.45) is -1.17. The molecule has 0 heterocycles. The quantitative estimate of drug-likeness (QED) is 0.820. The molecule has 0 saturated carbocycles. The predicted octanol–water partition coefficient (Wildman–Crippen LogP) is 4.26. The second-order valence-electron chi connectivity index (χ2n) is 4.42. The third-order valence-corrected chi connectivity index (χ3v) is 5.89. The predicted molar refractivity (Wildman–Crippen MR) is 87.6 cm³/mol. The summed E-state index contributed by atoms with van der Waals surface area (Å²) in [6.45, 7) is 0. The van der Waals surface area contributed by atoms with Crippen LogP contribution >= 0.6 is 39.1 Å². The molecule has 0 spiro atoms. The fourth-order valence-electron chi connectivity index (χ4n) is 1.76. The standard InChI is InChI=1S/C14H11BrCl2O3S/c15-10-2-4-11(5-3-10)21(19,20)8-14(18)9-1-6-12(16)13(17)7-9/h1-7,14,18H,8H2/t14-/m0/s1.